The zero-order valence-electron chi connectivity index (χ0n) is 8.79. The van der Waals surface area contributed by atoms with Gasteiger partial charge in [-0.25, -0.2) is 0 Å². The van der Waals surface area contributed by atoms with Crippen LogP contribution in [-0.2, 0) is 0 Å². The Bertz CT molecular complexity index is 472. The van der Waals surface area contributed by atoms with Gasteiger partial charge >= 0.3 is 0 Å². The summed E-state index contributed by atoms with van der Waals surface area (Å²) in [6.07, 6.45) is 0. The Morgan fingerprint density at radius 1 is 1.00 bits per heavy atom. The zero-order chi connectivity index (χ0) is 10.1. The predicted octanol–water partition coefficient (Wildman–Crippen LogP) is 3.47. The third kappa shape index (κ3) is 1.25. The summed E-state index contributed by atoms with van der Waals surface area (Å²) in [6.45, 7) is 4.21. The fraction of sp³-hybridized carbons (Fsp3) is 0.231. The molecule has 2 rings (SSSR count). The van der Waals surface area contributed by atoms with Gasteiger partial charge in [0, 0.05) is 0 Å². The molecule has 0 aromatic heterocycles. The minimum Gasteiger partial charge on any atom is -0.496 e. The molecule has 2 aromatic carbocycles. The van der Waals surface area contributed by atoms with Crippen molar-refractivity contribution in [2.45, 2.75) is 13.8 Å². The Morgan fingerprint density at radius 2 is 1.64 bits per heavy atom. The maximum absolute atomic E-state index is 5.33. The first-order chi connectivity index (χ1) is 6.74. The van der Waals surface area contributed by atoms with E-state index >= 15 is 0 Å². The number of aryl methyl sites for hydroxylation is 2. The molecule has 0 amide bonds. The summed E-state index contributed by atoms with van der Waals surface area (Å²) in [6, 6.07) is 10.5. The maximum atomic E-state index is 5.33. The van der Waals surface area contributed by atoms with Crippen LogP contribution in [0.25, 0.3) is 10.8 Å². The van der Waals surface area contributed by atoms with E-state index in [1.165, 1.54) is 21.9 Å². The van der Waals surface area contributed by atoms with Gasteiger partial charge in [-0.1, -0.05) is 24.3 Å². The number of fused-ring (bicyclic) bond motifs is 1. The van der Waals surface area contributed by atoms with E-state index in [0.29, 0.717) is 0 Å². The first-order valence-corrected chi connectivity index (χ1v) is 4.77. The molecule has 0 radical (unpaired) electrons. The summed E-state index contributed by atoms with van der Waals surface area (Å²) >= 11 is 0. The summed E-state index contributed by atoms with van der Waals surface area (Å²) in [7, 11) is 1.72. The second-order valence-corrected chi connectivity index (χ2v) is 3.57. The third-order valence-corrected chi connectivity index (χ3v) is 2.69. The van der Waals surface area contributed by atoms with Crippen LogP contribution < -0.4 is 4.74 Å². The molecular weight excluding hydrogens is 172 g/mol. The van der Waals surface area contributed by atoms with Crippen LogP contribution in [0.1, 0.15) is 11.1 Å². The minimum absolute atomic E-state index is 0.973. The molecule has 0 atom stereocenters. The second kappa shape index (κ2) is 3.33. The third-order valence-electron chi connectivity index (χ3n) is 2.69. The van der Waals surface area contributed by atoms with E-state index in [9.17, 15) is 0 Å². The normalized spacial score (nSPS) is 10.5. The highest BCUT2D eigenvalue weighted by Crippen LogP contribution is 2.29. The van der Waals surface area contributed by atoms with Gasteiger partial charge in [-0.05, 0) is 41.8 Å². The highest BCUT2D eigenvalue weighted by molar-refractivity contribution is 5.90. The van der Waals surface area contributed by atoms with Crippen LogP contribution in [0.4, 0.5) is 0 Å². The molecule has 0 fully saturated rings. The fourth-order valence-corrected chi connectivity index (χ4v) is 1.88. The summed E-state index contributed by atoms with van der Waals surface area (Å²) in [4.78, 5) is 0. The van der Waals surface area contributed by atoms with E-state index in [-0.39, 0.29) is 0 Å². The van der Waals surface area contributed by atoms with Gasteiger partial charge in [-0.2, -0.15) is 0 Å². The molecule has 0 spiro atoms. The molecule has 0 saturated carbocycles. The van der Waals surface area contributed by atoms with Gasteiger partial charge in [0.15, 0.2) is 0 Å². The van der Waals surface area contributed by atoms with Crippen molar-refractivity contribution >= 4 is 10.8 Å². The fourth-order valence-electron chi connectivity index (χ4n) is 1.88. The molecule has 72 valence electrons. The standard InChI is InChI=1S/C13H14O/c1-9-8-13(14-3)10(2)12-7-5-4-6-11(9)12/h4-8H,1-3H3. The van der Waals surface area contributed by atoms with Crippen molar-refractivity contribution in [2.75, 3.05) is 7.11 Å². The highest BCUT2D eigenvalue weighted by Gasteiger charge is 2.05. The highest BCUT2D eigenvalue weighted by atomic mass is 16.5. The SMILES string of the molecule is COc1cc(C)c2ccccc2c1C. The van der Waals surface area contributed by atoms with Gasteiger partial charge in [0.05, 0.1) is 7.11 Å². The molecule has 0 aliphatic heterocycles. The monoisotopic (exact) mass is 186 g/mol. The van der Waals surface area contributed by atoms with Gasteiger partial charge in [0.25, 0.3) is 0 Å². The minimum atomic E-state index is 0.973. The van der Waals surface area contributed by atoms with E-state index in [1.54, 1.807) is 7.11 Å². The summed E-state index contributed by atoms with van der Waals surface area (Å²) < 4.78 is 5.33. The van der Waals surface area contributed by atoms with Gasteiger partial charge in [-0.15, -0.1) is 0 Å². The number of ether oxygens (including phenoxy) is 1. The molecule has 1 heteroatoms. The smallest absolute Gasteiger partial charge is 0.122 e. The molecule has 0 N–H and O–H groups in total. The van der Waals surface area contributed by atoms with Crippen LogP contribution in [0.5, 0.6) is 5.75 Å². The summed E-state index contributed by atoms with van der Waals surface area (Å²) in [5.41, 5.74) is 2.48. The average molecular weight is 186 g/mol. The topological polar surface area (TPSA) is 9.23 Å². The van der Waals surface area contributed by atoms with E-state index in [2.05, 4.69) is 44.2 Å². The quantitative estimate of drug-likeness (QED) is 0.662. The zero-order valence-corrected chi connectivity index (χ0v) is 8.79. The van der Waals surface area contributed by atoms with Crippen LogP contribution in [0, 0.1) is 13.8 Å². The molecule has 0 aliphatic carbocycles. The number of hydrogen-bond acceptors (Lipinski definition) is 1. The molecule has 2 aromatic rings. The van der Waals surface area contributed by atoms with E-state index in [1.807, 2.05) is 0 Å². The summed E-state index contributed by atoms with van der Waals surface area (Å²) in [5.74, 6) is 0.973. The molecular formula is C13H14O. The van der Waals surface area contributed by atoms with Gasteiger partial charge < -0.3 is 4.74 Å². The van der Waals surface area contributed by atoms with Gasteiger partial charge in [0.2, 0.25) is 0 Å². The number of hydrogen-bond donors (Lipinski definition) is 0. The Hall–Kier alpha value is -1.50. The molecule has 1 nitrogen and oxygen atoms in total. The van der Waals surface area contributed by atoms with Crippen LogP contribution in [0.15, 0.2) is 30.3 Å². The Labute approximate surface area is 84.3 Å². The van der Waals surface area contributed by atoms with Crippen molar-refractivity contribution in [1.29, 1.82) is 0 Å². The second-order valence-electron chi connectivity index (χ2n) is 3.57. The Kier molecular flexibility index (Phi) is 2.16. The molecule has 0 aliphatic rings. The predicted molar refractivity (Wildman–Crippen MR) is 60.0 cm³/mol. The van der Waals surface area contributed by atoms with Crippen molar-refractivity contribution in [3.8, 4) is 5.75 Å². The van der Waals surface area contributed by atoms with Crippen molar-refractivity contribution < 1.29 is 4.74 Å². The molecule has 14 heavy (non-hydrogen) atoms. The molecule has 0 heterocycles. The number of rotatable bonds is 1. The first kappa shape index (κ1) is 9.07. The summed E-state index contributed by atoms with van der Waals surface area (Å²) in [5, 5.41) is 2.59. The van der Waals surface area contributed by atoms with E-state index in [0.717, 1.165) is 5.75 Å². The lowest BCUT2D eigenvalue weighted by Crippen LogP contribution is -1.90. The molecule has 0 unspecified atom stereocenters. The lowest BCUT2D eigenvalue weighted by Gasteiger charge is -2.10. The lowest BCUT2D eigenvalue weighted by atomic mass is 10.0. The van der Waals surface area contributed by atoms with Crippen LogP contribution >= 0.6 is 0 Å². The van der Waals surface area contributed by atoms with Crippen molar-refractivity contribution in [3.05, 3.63) is 41.5 Å². The number of benzene rings is 2. The van der Waals surface area contributed by atoms with E-state index < -0.39 is 0 Å². The van der Waals surface area contributed by atoms with Crippen molar-refractivity contribution in [3.63, 3.8) is 0 Å². The van der Waals surface area contributed by atoms with Gasteiger partial charge in [0.1, 0.15) is 5.75 Å². The van der Waals surface area contributed by atoms with Crippen LogP contribution in [0.2, 0.25) is 0 Å². The largest absolute Gasteiger partial charge is 0.496 e. The first-order valence-electron chi connectivity index (χ1n) is 4.77. The molecule has 0 bridgehead atoms. The lowest BCUT2D eigenvalue weighted by molar-refractivity contribution is 0.412. The van der Waals surface area contributed by atoms with Crippen molar-refractivity contribution in [1.82, 2.24) is 0 Å². The van der Waals surface area contributed by atoms with Crippen LogP contribution in [-0.4, -0.2) is 7.11 Å². The van der Waals surface area contributed by atoms with Crippen molar-refractivity contribution in [2.24, 2.45) is 0 Å². The van der Waals surface area contributed by atoms with Gasteiger partial charge in [-0.3, -0.25) is 0 Å². The average Bonchev–Trinajstić information content (AvgIpc) is 2.23. The maximum Gasteiger partial charge on any atom is 0.122 e. The van der Waals surface area contributed by atoms with Crippen LogP contribution in [0.3, 0.4) is 0 Å². The molecule has 0 saturated heterocycles. The van der Waals surface area contributed by atoms with E-state index in [4.69, 9.17) is 4.74 Å². The Morgan fingerprint density at radius 3 is 2.29 bits per heavy atom. The number of methoxy groups -OCH3 is 1. The Balaban J connectivity index is 2.87.